The monoisotopic (exact) mass is 1300 g/mol. The molecule has 0 bridgehead atoms. The summed E-state index contributed by atoms with van der Waals surface area (Å²) in [7, 11) is 0. The summed E-state index contributed by atoms with van der Waals surface area (Å²) in [5.41, 5.74) is 0. The van der Waals surface area contributed by atoms with Gasteiger partial charge in [-0.2, -0.15) is 0 Å². The van der Waals surface area contributed by atoms with E-state index in [2.05, 4.69) is 55.6 Å². The molecule has 0 aliphatic carbocycles. The number of carbonyl (C=O) groups excluding carboxylic acids is 2. The second-order valence-corrected chi connectivity index (χ2v) is 29.2. The Morgan fingerprint density at radius 2 is 0.559 bits per heavy atom. The fourth-order valence-electron chi connectivity index (χ4n) is 13.4. The number of carbonyl (C=O) groups is 2. The third-order valence-corrected chi connectivity index (χ3v) is 19.8. The Labute approximate surface area is 582 Å². The van der Waals surface area contributed by atoms with Crippen molar-refractivity contribution in [3.05, 3.63) is 48.6 Å². The molecular formula is C87H165NO5. The molecule has 0 aromatic carbocycles. The van der Waals surface area contributed by atoms with E-state index in [9.17, 15) is 19.8 Å². The number of esters is 1. The number of unbranched alkanes of at least 4 members (excludes halogenated alkanes) is 63. The van der Waals surface area contributed by atoms with Crippen LogP contribution in [-0.2, 0) is 14.3 Å². The van der Waals surface area contributed by atoms with Gasteiger partial charge in [-0.3, -0.25) is 9.59 Å². The van der Waals surface area contributed by atoms with Crippen molar-refractivity contribution < 1.29 is 24.5 Å². The maximum absolute atomic E-state index is 12.6. The first-order valence-electron chi connectivity index (χ1n) is 42.4. The predicted octanol–water partition coefficient (Wildman–Crippen LogP) is 28.3. The number of aliphatic hydroxyl groups excluding tert-OH is 2. The molecule has 0 heterocycles. The number of allylic oxidation sites excluding steroid dienone is 7. The van der Waals surface area contributed by atoms with E-state index in [-0.39, 0.29) is 18.5 Å². The number of nitrogens with one attached hydrogen (secondary N) is 1. The minimum atomic E-state index is -0.843. The molecule has 2 atom stereocenters. The summed E-state index contributed by atoms with van der Waals surface area (Å²) < 4.78 is 5.48. The summed E-state index contributed by atoms with van der Waals surface area (Å²) in [6.07, 6.45) is 110. The van der Waals surface area contributed by atoms with Crippen molar-refractivity contribution in [1.29, 1.82) is 0 Å². The van der Waals surface area contributed by atoms with Crippen LogP contribution in [0.4, 0.5) is 0 Å². The van der Waals surface area contributed by atoms with Gasteiger partial charge in [0.1, 0.15) is 0 Å². The minimum Gasteiger partial charge on any atom is -0.466 e. The van der Waals surface area contributed by atoms with E-state index in [0.717, 1.165) is 51.4 Å². The zero-order valence-corrected chi connectivity index (χ0v) is 63.0. The lowest BCUT2D eigenvalue weighted by atomic mass is 10.0. The van der Waals surface area contributed by atoms with Crippen molar-refractivity contribution >= 4 is 11.9 Å². The van der Waals surface area contributed by atoms with Gasteiger partial charge in [0, 0.05) is 12.8 Å². The highest BCUT2D eigenvalue weighted by atomic mass is 16.5. The van der Waals surface area contributed by atoms with E-state index in [0.29, 0.717) is 19.4 Å². The average molecular weight is 1310 g/mol. The summed E-state index contributed by atoms with van der Waals surface area (Å²) in [6.45, 7) is 4.88. The Hall–Kier alpha value is -2.18. The smallest absolute Gasteiger partial charge is 0.305 e. The maximum Gasteiger partial charge on any atom is 0.305 e. The summed E-state index contributed by atoms with van der Waals surface area (Å²) >= 11 is 0. The maximum atomic E-state index is 12.6. The van der Waals surface area contributed by atoms with Crippen LogP contribution in [0.25, 0.3) is 0 Å². The lowest BCUT2D eigenvalue weighted by molar-refractivity contribution is -0.143. The van der Waals surface area contributed by atoms with Crippen molar-refractivity contribution in [2.45, 2.75) is 482 Å². The van der Waals surface area contributed by atoms with E-state index in [1.165, 1.54) is 392 Å². The van der Waals surface area contributed by atoms with Crippen molar-refractivity contribution in [2.24, 2.45) is 0 Å². The molecule has 0 aliphatic heterocycles. The van der Waals surface area contributed by atoms with E-state index in [1.807, 2.05) is 6.08 Å². The number of hydrogen-bond acceptors (Lipinski definition) is 5. The summed E-state index contributed by atoms with van der Waals surface area (Å²) in [4.78, 5) is 24.6. The van der Waals surface area contributed by atoms with Crippen LogP contribution in [0.5, 0.6) is 0 Å². The third-order valence-electron chi connectivity index (χ3n) is 19.8. The van der Waals surface area contributed by atoms with E-state index in [1.54, 1.807) is 6.08 Å². The van der Waals surface area contributed by atoms with Crippen LogP contribution in [0.1, 0.15) is 470 Å². The topological polar surface area (TPSA) is 95.9 Å². The van der Waals surface area contributed by atoms with E-state index >= 15 is 0 Å². The highest BCUT2D eigenvalue weighted by molar-refractivity contribution is 5.76. The van der Waals surface area contributed by atoms with E-state index < -0.39 is 12.1 Å². The molecule has 1 amide bonds. The van der Waals surface area contributed by atoms with Gasteiger partial charge in [-0.1, -0.05) is 422 Å². The summed E-state index contributed by atoms with van der Waals surface area (Å²) in [5.74, 6) is -0.0512. The van der Waals surface area contributed by atoms with Gasteiger partial charge in [0.05, 0.1) is 25.4 Å². The Kier molecular flexibility index (Phi) is 80.3. The second-order valence-electron chi connectivity index (χ2n) is 29.2. The van der Waals surface area contributed by atoms with Crippen LogP contribution in [-0.4, -0.2) is 47.4 Å². The number of ether oxygens (including phenoxy) is 1. The molecule has 6 heteroatoms. The first-order chi connectivity index (χ1) is 46.0. The largest absolute Gasteiger partial charge is 0.466 e. The minimum absolute atomic E-state index is 0.00731. The van der Waals surface area contributed by atoms with Crippen molar-refractivity contribution in [3.8, 4) is 0 Å². The lowest BCUT2D eigenvalue weighted by Crippen LogP contribution is -2.45. The van der Waals surface area contributed by atoms with Gasteiger partial charge in [0.2, 0.25) is 5.91 Å². The molecular weight excluding hydrogens is 1140 g/mol. The zero-order valence-electron chi connectivity index (χ0n) is 63.0. The quantitative estimate of drug-likeness (QED) is 0.0320. The molecule has 0 saturated carbocycles. The van der Waals surface area contributed by atoms with Crippen LogP contribution in [0, 0.1) is 0 Å². The first kappa shape index (κ1) is 90.8. The lowest BCUT2D eigenvalue weighted by Gasteiger charge is -2.20. The van der Waals surface area contributed by atoms with Crippen molar-refractivity contribution in [2.75, 3.05) is 13.2 Å². The molecule has 0 aliphatic rings. The predicted molar refractivity (Wildman–Crippen MR) is 412 cm³/mol. The molecule has 3 N–H and O–H groups in total. The molecule has 0 rings (SSSR count). The molecule has 0 spiro atoms. The van der Waals surface area contributed by atoms with Crippen molar-refractivity contribution in [1.82, 2.24) is 5.32 Å². The Morgan fingerprint density at radius 1 is 0.301 bits per heavy atom. The second kappa shape index (κ2) is 82.2. The van der Waals surface area contributed by atoms with Crippen LogP contribution in [0.15, 0.2) is 48.6 Å². The highest BCUT2D eigenvalue weighted by Gasteiger charge is 2.18. The van der Waals surface area contributed by atoms with Gasteiger partial charge in [0.15, 0.2) is 0 Å². The average Bonchev–Trinajstić information content (AvgIpc) is 3.78. The fraction of sp³-hybridized carbons (Fsp3) is 0.885. The van der Waals surface area contributed by atoms with Gasteiger partial charge in [-0.05, 0) is 83.5 Å². The highest BCUT2D eigenvalue weighted by Crippen LogP contribution is 2.20. The van der Waals surface area contributed by atoms with Crippen LogP contribution < -0.4 is 5.32 Å². The first-order valence-corrected chi connectivity index (χ1v) is 42.4. The molecule has 2 unspecified atom stereocenters. The van der Waals surface area contributed by atoms with Gasteiger partial charge in [-0.25, -0.2) is 0 Å². The van der Waals surface area contributed by atoms with Crippen LogP contribution >= 0.6 is 0 Å². The molecule has 93 heavy (non-hydrogen) atoms. The molecule has 0 aromatic heterocycles. The van der Waals surface area contributed by atoms with Crippen LogP contribution in [0.2, 0.25) is 0 Å². The Morgan fingerprint density at radius 3 is 0.871 bits per heavy atom. The van der Waals surface area contributed by atoms with Gasteiger partial charge in [0.25, 0.3) is 0 Å². The summed E-state index contributed by atoms with van der Waals surface area (Å²) in [5, 5.41) is 23.3. The standard InChI is InChI=1S/C87H165NO5/c1-3-5-7-9-11-13-15-17-18-19-20-21-22-40-43-46-49-52-56-59-63-67-71-75-79-85(90)84(83-89)88-86(91)80-76-72-68-64-60-57-53-50-47-44-41-38-36-34-32-30-28-26-24-23-25-27-29-31-33-35-37-39-42-45-48-51-54-58-62-66-70-74-78-82-93-87(92)81-77-73-69-65-61-55-16-14-12-10-8-6-4-2/h8,10,14,16,23-24,75,79,84-85,89-90H,3-7,9,11-13,15,17-22,25-74,76-78,80-83H2,1-2H3,(H,88,91)/b10-8-,16-14-,24-23-,79-75+. The van der Waals surface area contributed by atoms with Gasteiger partial charge >= 0.3 is 5.97 Å². The molecule has 0 radical (unpaired) electrons. The Balaban J connectivity index is 3.36. The third kappa shape index (κ3) is 78.7. The van der Waals surface area contributed by atoms with Crippen LogP contribution in [0.3, 0.4) is 0 Å². The van der Waals surface area contributed by atoms with Gasteiger partial charge < -0.3 is 20.3 Å². The van der Waals surface area contributed by atoms with Gasteiger partial charge in [-0.15, -0.1) is 0 Å². The van der Waals surface area contributed by atoms with Crippen molar-refractivity contribution in [3.63, 3.8) is 0 Å². The van der Waals surface area contributed by atoms with E-state index in [4.69, 9.17) is 4.74 Å². The number of hydrogen-bond donors (Lipinski definition) is 3. The molecule has 0 aromatic rings. The summed E-state index contributed by atoms with van der Waals surface area (Å²) in [6, 6.07) is -0.626. The Bertz CT molecular complexity index is 1550. The molecule has 0 fully saturated rings. The molecule has 0 saturated heterocycles. The zero-order chi connectivity index (χ0) is 67.0. The normalized spacial score (nSPS) is 12.7. The molecule has 548 valence electrons. The fourth-order valence-corrected chi connectivity index (χ4v) is 13.4. The number of rotatable bonds is 80. The number of aliphatic hydroxyl groups is 2. The SMILES string of the molecule is CCC/C=C\C/C=C\CCCCCCCC(=O)OCCCCCCCCCCCCCCCCCCCC/C=C\CCCCCCCCCCCCCCCCCCCC(=O)NC(CO)C(O)/C=C/CCCCCCCCCCCCCCCCCCCCCCCC. The number of amides is 1. The molecule has 6 nitrogen and oxygen atoms in total.